The van der Waals surface area contributed by atoms with E-state index in [2.05, 4.69) is 106 Å². The summed E-state index contributed by atoms with van der Waals surface area (Å²) in [4.78, 5) is 16.9. The molecule has 1 fully saturated rings. The minimum absolute atomic E-state index is 0.0984. The molecule has 208 valence electrons. The summed E-state index contributed by atoms with van der Waals surface area (Å²) in [6.07, 6.45) is 2.79. The molecule has 4 aromatic carbocycles. The molecule has 1 saturated carbocycles. The van der Waals surface area contributed by atoms with Crippen molar-refractivity contribution in [3.63, 3.8) is 0 Å². The Balaban J connectivity index is 1.58. The molecule has 0 bridgehead atoms. The van der Waals surface area contributed by atoms with Gasteiger partial charge < -0.3 is 9.16 Å². The number of hydrogen-bond acceptors (Lipinski definition) is 4. The molecule has 0 amide bonds. The lowest BCUT2D eigenvalue weighted by molar-refractivity contribution is -0.116. The van der Waals surface area contributed by atoms with Crippen molar-refractivity contribution in [2.24, 2.45) is 5.92 Å². The number of ketones is 1. The smallest absolute Gasteiger partial charge is 0.319 e. The number of aromatic nitrogens is 1. The summed E-state index contributed by atoms with van der Waals surface area (Å²) >= 11 is 0. The van der Waals surface area contributed by atoms with Crippen molar-refractivity contribution < 1.29 is 14.0 Å². The number of Topliss-reactive ketones (excluding diaryl/α,β-unsaturated/α-hetero) is 1. The van der Waals surface area contributed by atoms with Crippen LogP contribution in [0.1, 0.15) is 46.2 Å². The van der Waals surface area contributed by atoms with Crippen LogP contribution in [0.5, 0.6) is 11.5 Å². The maximum atomic E-state index is 11.9. The van der Waals surface area contributed by atoms with Crippen molar-refractivity contribution in [1.82, 2.24) is 4.98 Å². The van der Waals surface area contributed by atoms with E-state index in [-0.39, 0.29) is 10.8 Å². The van der Waals surface area contributed by atoms with Gasteiger partial charge in [-0.2, -0.15) is 0 Å². The number of fused-ring (bicyclic) bond motifs is 3. The number of hydrogen-bond donors (Lipinski definition) is 0. The van der Waals surface area contributed by atoms with Gasteiger partial charge in [0.15, 0.2) is 0 Å². The fourth-order valence-electron chi connectivity index (χ4n) is 5.84. The first-order valence-electron chi connectivity index (χ1n) is 14.5. The van der Waals surface area contributed by atoms with E-state index in [9.17, 15) is 4.79 Å². The number of nitrogens with zero attached hydrogens (tertiary/aromatic N) is 1. The molecule has 41 heavy (non-hydrogen) atoms. The Bertz CT molecular complexity index is 1670. The highest BCUT2D eigenvalue weighted by Crippen LogP contribution is 2.42. The predicted octanol–water partition coefficient (Wildman–Crippen LogP) is 7.25. The normalized spacial score (nSPS) is 13.9. The standard InChI is InChI=1S/C36H37NO3Si/c1-25(38)21-28-18-17-27-22-34(32-20-19-29(39-24-26-15-16-26)23-33(32)35(27)37-28)40-41(36(2,3)4,30-11-7-5-8-12-30)31-13-9-6-10-14-31/h5-14,17-20,22-23,26H,15-16,21,24H2,1-4H3. The first kappa shape index (κ1) is 27.2. The van der Waals surface area contributed by atoms with Crippen LogP contribution in [0.3, 0.4) is 0 Å². The maximum Gasteiger partial charge on any atom is 0.319 e. The van der Waals surface area contributed by atoms with Gasteiger partial charge in [0.1, 0.15) is 17.3 Å². The molecular formula is C36H37NO3Si. The van der Waals surface area contributed by atoms with Crippen LogP contribution in [0, 0.1) is 5.92 Å². The van der Waals surface area contributed by atoms with Crippen LogP contribution in [-0.4, -0.2) is 25.7 Å². The molecule has 0 radical (unpaired) electrons. The van der Waals surface area contributed by atoms with E-state index in [1.54, 1.807) is 6.92 Å². The molecule has 1 aromatic heterocycles. The molecular weight excluding hydrogens is 522 g/mol. The van der Waals surface area contributed by atoms with E-state index >= 15 is 0 Å². The number of pyridine rings is 1. The second kappa shape index (κ2) is 10.8. The van der Waals surface area contributed by atoms with Crippen LogP contribution in [0.2, 0.25) is 5.04 Å². The Morgan fingerprint density at radius 1 is 0.854 bits per heavy atom. The fraction of sp³-hybridized carbons (Fsp3) is 0.278. The summed E-state index contributed by atoms with van der Waals surface area (Å²) in [5.74, 6) is 2.44. The van der Waals surface area contributed by atoms with Crippen molar-refractivity contribution >= 4 is 46.1 Å². The third-order valence-electron chi connectivity index (χ3n) is 8.07. The summed E-state index contributed by atoms with van der Waals surface area (Å²) in [5.41, 5.74) is 1.64. The van der Waals surface area contributed by atoms with E-state index in [1.807, 2.05) is 12.1 Å². The highest BCUT2D eigenvalue weighted by Gasteiger charge is 2.52. The zero-order valence-electron chi connectivity index (χ0n) is 24.3. The van der Waals surface area contributed by atoms with Crippen molar-refractivity contribution in [1.29, 1.82) is 0 Å². The van der Waals surface area contributed by atoms with Gasteiger partial charge in [0, 0.05) is 28.3 Å². The Kier molecular flexibility index (Phi) is 7.16. The third kappa shape index (κ3) is 5.39. The Labute approximate surface area is 243 Å². The summed E-state index contributed by atoms with van der Waals surface area (Å²) < 4.78 is 13.7. The van der Waals surface area contributed by atoms with E-state index in [0.29, 0.717) is 12.3 Å². The summed E-state index contributed by atoms with van der Waals surface area (Å²) in [6, 6.07) is 33.8. The monoisotopic (exact) mass is 559 g/mol. The highest BCUT2D eigenvalue weighted by molar-refractivity contribution is 7.00. The van der Waals surface area contributed by atoms with Crippen molar-refractivity contribution in [3.8, 4) is 11.5 Å². The second-order valence-corrected chi connectivity index (χ2v) is 16.6. The molecule has 5 aromatic rings. The number of ether oxygens (including phenoxy) is 1. The highest BCUT2D eigenvalue weighted by atomic mass is 28.4. The zero-order valence-corrected chi connectivity index (χ0v) is 25.3. The Morgan fingerprint density at radius 2 is 1.51 bits per heavy atom. The average Bonchev–Trinajstić information content (AvgIpc) is 3.79. The van der Waals surface area contributed by atoms with Crippen molar-refractivity contribution in [2.45, 2.75) is 52.0 Å². The molecule has 4 nitrogen and oxygen atoms in total. The van der Waals surface area contributed by atoms with E-state index in [1.165, 1.54) is 23.2 Å². The van der Waals surface area contributed by atoms with Crippen molar-refractivity contribution in [2.75, 3.05) is 6.61 Å². The lowest BCUT2D eigenvalue weighted by atomic mass is 10.0. The molecule has 0 spiro atoms. The quantitative estimate of drug-likeness (QED) is 0.141. The molecule has 0 atom stereocenters. The predicted molar refractivity (Wildman–Crippen MR) is 170 cm³/mol. The summed E-state index contributed by atoms with van der Waals surface area (Å²) in [7, 11) is -2.86. The van der Waals surface area contributed by atoms with Gasteiger partial charge in [-0.3, -0.25) is 9.78 Å². The first-order valence-corrected chi connectivity index (χ1v) is 16.4. The molecule has 0 unspecified atom stereocenters. The van der Waals surface area contributed by atoms with Crippen LogP contribution in [0.15, 0.2) is 97.1 Å². The topological polar surface area (TPSA) is 48.4 Å². The average molecular weight is 560 g/mol. The summed E-state index contributed by atoms with van der Waals surface area (Å²) in [5, 5.41) is 5.24. The molecule has 1 heterocycles. The van der Waals surface area contributed by atoms with Crippen LogP contribution in [-0.2, 0) is 11.2 Å². The largest absolute Gasteiger partial charge is 0.534 e. The lowest BCUT2D eigenvalue weighted by Gasteiger charge is -2.43. The second-order valence-electron chi connectivity index (χ2n) is 12.4. The minimum Gasteiger partial charge on any atom is -0.534 e. The fourth-order valence-corrected chi connectivity index (χ4v) is 10.3. The van der Waals surface area contributed by atoms with E-state index in [4.69, 9.17) is 14.1 Å². The summed E-state index contributed by atoms with van der Waals surface area (Å²) in [6.45, 7) is 9.23. The zero-order chi connectivity index (χ0) is 28.6. The Morgan fingerprint density at radius 3 is 2.10 bits per heavy atom. The molecule has 0 N–H and O–H groups in total. The molecule has 1 aliphatic rings. The van der Waals surface area contributed by atoms with Crippen LogP contribution < -0.4 is 19.5 Å². The van der Waals surface area contributed by atoms with Crippen LogP contribution in [0.4, 0.5) is 0 Å². The van der Waals surface area contributed by atoms with Crippen LogP contribution in [0.25, 0.3) is 21.7 Å². The minimum atomic E-state index is -2.86. The number of rotatable bonds is 9. The van der Waals surface area contributed by atoms with Gasteiger partial charge in [-0.25, -0.2) is 0 Å². The Hall–Kier alpha value is -3.96. The van der Waals surface area contributed by atoms with E-state index in [0.717, 1.165) is 45.5 Å². The SMILES string of the molecule is CC(=O)Cc1ccc2cc(O[Si](c3ccccc3)(c3ccccc3)C(C)(C)C)c3ccc(OCC4CC4)cc3c2n1. The molecule has 1 aliphatic carbocycles. The molecule has 5 heteroatoms. The van der Waals surface area contributed by atoms with Gasteiger partial charge in [0.2, 0.25) is 0 Å². The third-order valence-corrected chi connectivity index (χ3v) is 13.0. The molecule has 0 aliphatic heterocycles. The van der Waals surface area contributed by atoms with Crippen LogP contribution >= 0.6 is 0 Å². The molecule has 0 saturated heterocycles. The van der Waals surface area contributed by atoms with Gasteiger partial charge in [-0.05, 0) is 71.4 Å². The van der Waals surface area contributed by atoms with Crippen molar-refractivity contribution in [3.05, 3.63) is 103 Å². The van der Waals surface area contributed by atoms with Gasteiger partial charge >= 0.3 is 8.32 Å². The van der Waals surface area contributed by atoms with Gasteiger partial charge in [0.05, 0.1) is 12.1 Å². The number of benzene rings is 4. The maximum absolute atomic E-state index is 11.9. The van der Waals surface area contributed by atoms with Gasteiger partial charge in [-0.15, -0.1) is 0 Å². The first-order chi connectivity index (χ1) is 19.7. The number of carbonyl (C=O) groups excluding carboxylic acids is 1. The van der Waals surface area contributed by atoms with Gasteiger partial charge in [0.25, 0.3) is 0 Å². The number of carbonyl (C=O) groups is 1. The lowest BCUT2D eigenvalue weighted by Crippen LogP contribution is -2.68. The molecule has 6 rings (SSSR count). The van der Waals surface area contributed by atoms with Gasteiger partial charge in [-0.1, -0.05) is 87.5 Å². The van der Waals surface area contributed by atoms with E-state index < -0.39 is 8.32 Å².